The number of nitrogens with one attached hydrogen (secondary N) is 1. The van der Waals surface area contributed by atoms with Crippen LogP contribution >= 0.6 is 27.5 Å². The Morgan fingerprint density at radius 3 is 2.92 bits per heavy atom. The fourth-order valence-electron chi connectivity index (χ4n) is 0.804. The van der Waals surface area contributed by atoms with E-state index in [9.17, 15) is 4.79 Å². The summed E-state index contributed by atoms with van der Waals surface area (Å²) in [7, 11) is 0. The molecule has 0 aromatic heterocycles. The predicted octanol–water partition coefficient (Wildman–Crippen LogP) is 2.60. The van der Waals surface area contributed by atoms with Crippen molar-refractivity contribution in [1.82, 2.24) is 0 Å². The van der Waals surface area contributed by atoms with Crippen LogP contribution in [-0.4, -0.2) is 17.6 Å². The van der Waals surface area contributed by atoms with E-state index in [1.54, 1.807) is 18.2 Å². The van der Waals surface area contributed by atoms with Gasteiger partial charge < -0.3 is 10.4 Å². The quantitative estimate of drug-likeness (QED) is 0.882. The van der Waals surface area contributed by atoms with Gasteiger partial charge in [0.15, 0.2) is 0 Å². The summed E-state index contributed by atoms with van der Waals surface area (Å²) < 4.78 is 0.852. The molecule has 1 rings (SSSR count). The molecular formula is C8H7BrClNO2. The molecule has 2 N–H and O–H groups in total. The largest absolute Gasteiger partial charge is 0.480 e. The van der Waals surface area contributed by atoms with E-state index in [0.29, 0.717) is 10.7 Å². The van der Waals surface area contributed by atoms with Gasteiger partial charge in [-0.2, -0.15) is 0 Å². The zero-order chi connectivity index (χ0) is 9.84. The summed E-state index contributed by atoms with van der Waals surface area (Å²) in [5, 5.41) is 11.6. The Labute approximate surface area is 88.8 Å². The van der Waals surface area contributed by atoms with E-state index in [-0.39, 0.29) is 6.54 Å². The van der Waals surface area contributed by atoms with Crippen molar-refractivity contribution in [3.8, 4) is 0 Å². The third kappa shape index (κ3) is 3.24. The highest BCUT2D eigenvalue weighted by Gasteiger charge is 2.02. The molecule has 0 unspecified atom stereocenters. The highest BCUT2D eigenvalue weighted by Crippen LogP contribution is 2.25. The zero-order valence-corrected chi connectivity index (χ0v) is 8.89. The Hall–Kier alpha value is -0.740. The minimum absolute atomic E-state index is 0.143. The number of carboxylic acid groups (broad SMARTS) is 1. The van der Waals surface area contributed by atoms with Crippen LogP contribution in [0, 0.1) is 0 Å². The topological polar surface area (TPSA) is 49.3 Å². The number of halogens is 2. The molecule has 0 aliphatic rings. The molecule has 0 bridgehead atoms. The van der Waals surface area contributed by atoms with Crippen molar-refractivity contribution in [2.75, 3.05) is 11.9 Å². The smallest absolute Gasteiger partial charge is 0.322 e. The number of carboxylic acids is 1. The van der Waals surface area contributed by atoms with Crippen LogP contribution < -0.4 is 5.32 Å². The molecule has 0 aliphatic carbocycles. The van der Waals surface area contributed by atoms with Crippen LogP contribution in [0.15, 0.2) is 22.7 Å². The molecule has 13 heavy (non-hydrogen) atoms. The molecule has 5 heteroatoms. The number of hydrogen-bond acceptors (Lipinski definition) is 2. The number of aliphatic carboxylic acids is 1. The molecule has 0 spiro atoms. The minimum atomic E-state index is -0.920. The van der Waals surface area contributed by atoms with Crippen molar-refractivity contribution in [3.63, 3.8) is 0 Å². The van der Waals surface area contributed by atoms with Gasteiger partial charge in [-0.25, -0.2) is 0 Å². The summed E-state index contributed by atoms with van der Waals surface area (Å²) in [6, 6.07) is 5.20. The summed E-state index contributed by atoms with van der Waals surface area (Å²) in [6.07, 6.45) is 0. The van der Waals surface area contributed by atoms with E-state index in [1.165, 1.54) is 0 Å². The van der Waals surface area contributed by atoms with Gasteiger partial charge in [-0.05, 0) is 18.2 Å². The summed E-state index contributed by atoms with van der Waals surface area (Å²) in [5.74, 6) is -0.920. The molecule has 3 nitrogen and oxygen atoms in total. The predicted molar refractivity (Wildman–Crippen MR) is 55.3 cm³/mol. The van der Waals surface area contributed by atoms with Gasteiger partial charge in [-0.3, -0.25) is 4.79 Å². The maximum absolute atomic E-state index is 10.3. The summed E-state index contributed by atoms with van der Waals surface area (Å²) in [4.78, 5) is 10.3. The van der Waals surface area contributed by atoms with Crippen molar-refractivity contribution in [2.24, 2.45) is 0 Å². The van der Waals surface area contributed by atoms with E-state index in [2.05, 4.69) is 21.2 Å². The van der Waals surface area contributed by atoms with Gasteiger partial charge in [0.2, 0.25) is 0 Å². The first-order chi connectivity index (χ1) is 6.09. The highest BCUT2D eigenvalue weighted by atomic mass is 79.9. The Morgan fingerprint density at radius 1 is 1.62 bits per heavy atom. The first-order valence-corrected chi connectivity index (χ1v) is 4.67. The van der Waals surface area contributed by atoms with Crippen LogP contribution in [0.4, 0.5) is 5.69 Å². The number of rotatable bonds is 3. The SMILES string of the molecule is O=C(O)CNc1cc(Br)ccc1Cl. The van der Waals surface area contributed by atoms with E-state index in [0.717, 1.165) is 4.47 Å². The van der Waals surface area contributed by atoms with E-state index in [1.807, 2.05) is 0 Å². The maximum Gasteiger partial charge on any atom is 0.322 e. The molecule has 0 atom stereocenters. The van der Waals surface area contributed by atoms with Crippen LogP contribution in [0.2, 0.25) is 5.02 Å². The number of benzene rings is 1. The molecule has 0 radical (unpaired) electrons. The summed E-state index contributed by atoms with van der Waals surface area (Å²) in [5.41, 5.74) is 0.610. The molecule has 0 heterocycles. The van der Waals surface area contributed by atoms with E-state index >= 15 is 0 Å². The highest BCUT2D eigenvalue weighted by molar-refractivity contribution is 9.10. The normalized spacial score (nSPS) is 9.69. The Kier molecular flexibility index (Phi) is 3.57. The minimum Gasteiger partial charge on any atom is -0.480 e. The third-order valence-corrected chi connectivity index (χ3v) is 2.18. The average Bonchev–Trinajstić information content (AvgIpc) is 2.06. The van der Waals surface area contributed by atoms with Gasteiger partial charge in [0.05, 0.1) is 10.7 Å². The van der Waals surface area contributed by atoms with Crippen molar-refractivity contribution in [1.29, 1.82) is 0 Å². The van der Waals surface area contributed by atoms with Crippen LogP contribution in [0.25, 0.3) is 0 Å². The number of anilines is 1. The van der Waals surface area contributed by atoms with Crippen molar-refractivity contribution >= 4 is 39.2 Å². The summed E-state index contributed by atoms with van der Waals surface area (Å²) in [6.45, 7) is -0.143. The first-order valence-electron chi connectivity index (χ1n) is 3.50. The third-order valence-electron chi connectivity index (χ3n) is 1.36. The van der Waals surface area contributed by atoms with E-state index in [4.69, 9.17) is 16.7 Å². The van der Waals surface area contributed by atoms with Crippen molar-refractivity contribution in [3.05, 3.63) is 27.7 Å². The lowest BCUT2D eigenvalue weighted by atomic mass is 10.3. The van der Waals surface area contributed by atoms with Gasteiger partial charge in [0.1, 0.15) is 6.54 Å². The average molecular weight is 265 g/mol. The zero-order valence-electron chi connectivity index (χ0n) is 6.55. The standard InChI is InChI=1S/C8H7BrClNO2/c9-5-1-2-6(10)7(3-5)11-4-8(12)13/h1-3,11H,4H2,(H,12,13). The Bertz CT molecular complexity index is 330. The van der Waals surface area contributed by atoms with Crippen molar-refractivity contribution < 1.29 is 9.90 Å². The second-order valence-electron chi connectivity index (χ2n) is 2.37. The second kappa shape index (κ2) is 4.48. The lowest BCUT2D eigenvalue weighted by molar-refractivity contribution is -0.134. The van der Waals surface area contributed by atoms with Gasteiger partial charge in [0, 0.05) is 4.47 Å². The van der Waals surface area contributed by atoms with Gasteiger partial charge in [-0.1, -0.05) is 27.5 Å². The maximum atomic E-state index is 10.3. The molecule has 0 amide bonds. The molecule has 0 saturated heterocycles. The second-order valence-corrected chi connectivity index (χ2v) is 3.69. The van der Waals surface area contributed by atoms with Gasteiger partial charge in [-0.15, -0.1) is 0 Å². The molecule has 1 aromatic rings. The Morgan fingerprint density at radius 2 is 2.31 bits per heavy atom. The lowest BCUT2D eigenvalue weighted by Gasteiger charge is -2.05. The monoisotopic (exact) mass is 263 g/mol. The fourth-order valence-corrected chi connectivity index (χ4v) is 1.35. The molecule has 0 aliphatic heterocycles. The van der Waals surface area contributed by atoms with E-state index < -0.39 is 5.97 Å². The van der Waals surface area contributed by atoms with Gasteiger partial charge in [0.25, 0.3) is 0 Å². The Balaban J connectivity index is 2.75. The molecule has 1 aromatic carbocycles. The lowest BCUT2D eigenvalue weighted by Crippen LogP contribution is -2.12. The first kappa shape index (κ1) is 10.3. The van der Waals surface area contributed by atoms with Crippen LogP contribution in [0.3, 0.4) is 0 Å². The van der Waals surface area contributed by atoms with Crippen LogP contribution in [0.1, 0.15) is 0 Å². The van der Waals surface area contributed by atoms with Gasteiger partial charge >= 0.3 is 5.97 Å². The summed E-state index contributed by atoms with van der Waals surface area (Å²) >= 11 is 9.06. The van der Waals surface area contributed by atoms with Crippen molar-refractivity contribution in [2.45, 2.75) is 0 Å². The molecule has 0 saturated carbocycles. The molecule has 70 valence electrons. The fraction of sp³-hybridized carbons (Fsp3) is 0.125. The molecule has 0 fully saturated rings. The number of carbonyl (C=O) groups is 1. The van der Waals surface area contributed by atoms with Crippen LogP contribution in [0.5, 0.6) is 0 Å². The number of hydrogen-bond donors (Lipinski definition) is 2. The van der Waals surface area contributed by atoms with Crippen LogP contribution in [-0.2, 0) is 4.79 Å². The molecular weight excluding hydrogens is 257 g/mol.